The SMILES string of the molecule is Cc1cc(Cl)cc2nc3c4ccccc4cnc3n12. The summed E-state index contributed by atoms with van der Waals surface area (Å²) in [6, 6.07) is 11.9. The predicted octanol–water partition coefficient (Wildman–Crippen LogP) is 4.00. The number of nitrogens with zero attached hydrogens (tertiary/aromatic N) is 3. The van der Waals surface area contributed by atoms with Crippen LogP contribution in [0.5, 0.6) is 0 Å². The highest BCUT2D eigenvalue weighted by atomic mass is 35.5. The Morgan fingerprint density at radius 1 is 1.16 bits per heavy atom. The Bertz CT molecular complexity index is 940. The van der Waals surface area contributed by atoms with Crippen molar-refractivity contribution < 1.29 is 0 Å². The third-order valence-electron chi connectivity index (χ3n) is 3.39. The van der Waals surface area contributed by atoms with Crippen molar-refractivity contribution in [2.24, 2.45) is 0 Å². The van der Waals surface area contributed by atoms with E-state index in [0.29, 0.717) is 5.02 Å². The van der Waals surface area contributed by atoms with Crippen molar-refractivity contribution in [3.63, 3.8) is 0 Å². The zero-order valence-electron chi connectivity index (χ0n) is 10.3. The molecular weight excluding hydrogens is 258 g/mol. The van der Waals surface area contributed by atoms with Crippen molar-refractivity contribution in [3.05, 3.63) is 53.3 Å². The van der Waals surface area contributed by atoms with E-state index in [0.717, 1.165) is 33.3 Å². The smallest absolute Gasteiger partial charge is 0.165 e. The summed E-state index contributed by atoms with van der Waals surface area (Å²) in [4.78, 5) is 9.23. The van der Waals surface area contributed by atoms with Crippen molar-refractivity contribution >= 4 is 39.2 Å². The average Bonchev–Trinajstić information content (AvgIpc) is 2.77. The molecule has 0 fully saturated rings. The highest BCUT2D eigenvalue weighted by molar-refractivity contribution is 6.31. The summed E-state index contributed by atoms with van der Waals surface area (Å²) in [6.45, 7) is 2.01. The maximum absolute atomic E-state index is 6.10. The van der Waals surface area contributed by atoms with Gasteiger partial charge in [0.1, 0.15) is 11.2 Å². The third-order valence-corrected chi connectivity index (χ3v) is 3.61. The normalized spacial score (nSPS) is 11.7. The molecule has 1 aromatic carbocycles. The summed E-state index contributed by atoms with van der Waals surface area (Å²) in [5.41, 5.74) is 3.67. The van der Waals surface area contributed by atoms with Gasteiger partial charge >= 0.3 is 0 Å². The Balaban J connectivity index is 2.31. The molecule has 0 aliphatic carbocycles. The van der Waals surface area contributed by atoms with Gasteiger partial charge < -0.3 is 0 Å². The molecule has 0 bridgehead atoms. The van der Waals surface area contributed by atoms with Gasteiger partial charge in [-0.15, -0.1) is 0 Å². The number of aryl methyl sites for hydroxylation is 1. The van der Waals surface area contributed by atoms with Crippen molar-refractivity contribution in [2.75, 3.05) is 0 Å². The fourth-order valence-corrected chi connectivity index (χ4v) is 2.81. The topological polar surface area (TPSA) is 30.2 Å². The molecule has 4 rings (SSSR count). The molecule has 0 saturated heterocycles. The molecule has 4 heteroatoms. The van der Waals surface area contributed by atoms with Gasteiger partial charge in [-0.05, 0) is 13.0 Å². The van der Waals surface area contributed by atoms with Crippen LogP contribution in [0.15, 0.2) is 42.6 Å². The van der Waals surface area contributed by atoms with E-state index in [-0.39, 0.29) is 0 Å². The largest absolute Gasteiger partial charge is 0.281 e. The van der Waals surface area contributed by atoms with Crippen LogP contribution in [-0.2, 0) is 0 Å². The van der Waals surface area contributed by atoms with Gasteiger partial charge in [-0.1, -0.05) is 35.9 Å². The number of halogens is 1. The Labute approximate surface area is 114 Å². The monoisotopic (exact) mass is 267 g/mol. The van der Waals surface area contributed by atoms with Crippen LogP contribution in [0.4, 0.5) is 0 Å². The van der Waals surface area contributed by atoms with E-state index in [4.69, 9.17) is 11.6 Å². The third kappa shape index (κ3) is 1.45. The van der Waals surface area contributed by atoms with Gasteiger partial charge in [0, 0.05) is 33.8 Å². The van der Waals surface area contributed by atoms with Gasteiger partial charge in [-0.25, -0.2) is 9.97 Å². The number of fused-ring (bicyclic) bond motifs is 5. The Morgan fingerprint density at radius 2 is 2.00 bits per heavy atom. The maximum Gasteiger partial charge on any atom is 0.165 e. The molecule has 19 heavy (non-hydrogen) atoms. The lowest BCUT2D eigenvalue weighted by Gasteiger charge is -2.01. The van der Waals surface area contributed by atoms with Crippen LogP contribution in [0.1, 0.15) is 5.69 Å². The van der Waals surface area contributed by atoms with Crippen molar-refractivity contribution in [3.8, 4) is 0 Å². The summed E-state index contributed by atoms with van der Waals surface area (Å²) < 4.78 is 2.04. The summed E-state index contributed by atoms with van der Waals surface area (Å²) in [7, 11) is 0. The van der Waals surface area contributed by atoms with Gasteiger partial charge in [-0.2, -0.15) is 0 Å². The van der Waals surface area contributed by atoms with Crippen LogP contribution in [-0.4, -0.2) is 14.4 Å². The molecular formula is C15H10ClN3. The molecule has 0 N–H and O–H groups in total. The first-order valence-corrected chi connectivity index (χ1v) is 6.44. The van der Waals surface area contributed by atoms with Gasteiger partial charge in [0.2, 0.25) is 0 Å². The number of pyridine rings is 2. The van der Waals surface area contributed by atoms with Crippen LogP contribution >= 0.6 is 11.6 Å². The van der Waals surface area contributed by atoms with E-state index in [1.165, 1.54) is 0 Å². The summed E-state index contributed by atoms with van der Waals surface area (Å²) >= 11 is 6.10. The lowest BCUT2D eigenvalue weighted by atomic mass is 10.1. The number of aromatic nitrogens is 3. The Morgan fingerprint density at radius 3 is 2.89 bits per heavy atom. The molecule has 0 radical (unpaired) electrons. The Kier molecular flexibility index (Phi) is 2.09. The number of benzene rings is 1. The molecule has 0 saturated carbocycles. The molecule has 3 aromatic heterocycles. The number of hydrogen-bond donors (Lipinski definition) is 0. The van der Waals surface area contributed by atoms with E-state index in [1.54, 1.807) is 0 Å². The van der Waals surface area contributed by atoms with Crippen LogP contribution < -0.4 is 0 Å². The van der Waals surface area contributed by atoms with E-state index in [9.17, 15) is 0 Å². The highest BCUT2D eigenvalue weighted by Crippen LogP contribution is 2.26. The minimum atomic E-state index is 0.699. The number of rotatable bonds is 0. The van der Waals surface area contributed by atoms with Crippen LogP contribution in [0.25, 0.3) is 27.6 Å². The predicted molar refractivity (Wildman–Crippen MR) is 77.7 cm³/mol. The standard InChI is InChI=1S/C15H10ClN3/c1-9-6-11(16)7-13-18-14-12-5-3-2-4-10(12)8-17-15(14)19(9)13/h2-8H,1H3. The maximum atomic E-state index is 6.10. The molecule has 0 unspecified atom stereocenters. The summed E-state index contributed by atoms with van der Waals surface area (Å²) in [5.74, 6) is 0. The molecule has 3 heterocycles. The van der Waals surface area contributed by atoms with Gasteiger partial charge in [0.15, 0.2) is 5.65 Å². The lowest BCUT2D eigenvalue weighted by Crippen LogP contribution is -1.92. The number of imidazole rings is 1. The second kappa shape index (κ2) is 3.68. The molecule has 4 aromatic rings. The van der Waals surface area contributed by atoms with Crippen molar-refractivity contribution in [1.82, 2.24) is 14.4 Å². The van der Waals surface area contributed by atoms with Gasteiger partial charge in [0.25, 0.3) is 0 Å². The van der Waals surface area contributed by atoms with Crippen molar-refractivity contribution in [1.29, 1.82) is 0 Å². The average molecular weight is 268 g/mol. The molecule has 0 atom stereocenters. The molecule has 92 valence electrons. The first-order chi connectivity index (χ1) is 9.24. The van der Waals surface area contributed by atoms with Crippen molar-refractivity contribution in [2.45, 2.75) is 6.92 Å². The van der Waals surface area contributed by atoms with E-state index in [1.807, 2.05) is 47.9 Å². The zero-order valence-corrected chi connectivity index (χ0v) is 11.0. The van der Waals surface area contributed by atoms with E-state index >= 15 is 0 Å². The second-order valence-corrected chi connectivity index (χ2v) is 5.07. The summed E-state index contributed by atoms with van der Waals surface area (Å²) in [5, 5.41) is 2.92. The van der Waals surface area contributed by atoms with Gasteiger partial charge in [0.05, 0.1) is 0 Å². The molecule has 0 aliphatic heterocycles. The fraction of sp³-hybridized carbons (Fsp3) is 0.0667. The number of hydrogen-bond acceptors (Lipinski definition) is 2. The first-order valence-electron chi connectivity index (χ1n) is 6.06. The minimum absolute atomic E-state index is 0.699. The quantitative estimate of drug-likeness (QED) is 0.482. The molecule has 0 spiro atoms. The van der Waals surface area contributed by atoms with E-state index in [2.05, 4.69) is 16.0 Å². The molecule has 3 nitrogen and oxygen atoms in total. The second-order valence-electron chi connectivity index (χ2n) is 4.64. The highest BCUT2D eigenvalue weighted by Gasteiger charge is 2.11. The first kappa shape index (κ1) is 10.8. The van der Waals surface area contributed by atoms with Crippen LogP contribution in [0, 0.1) is 6.92 Å². The van der Waals surface area contributed by atoms with Crippen LogP contribution in [0.3, 0.4) is 0 Å². The molecule has 0 amide bonds. The van der Waals surface area contributed by atoms with Crippen LogP contribution in [0.2, 0.25) is 5.02 Å². The lowest BCUT2D eigenvalue weighted by molar-refractivity contribution is 1.10. The summed E-state index contributed by atoms with van der Waals surface area (Å²) in [6.07, 6.45) is 1.89. The van der Waals surface area contributed by atoms with E-state index < -0.39 is 0 Å². The minimum Gasteiger partial charge on any atom is -0.281 e. The Hall–Kier alpha value is -2.13. The molecule has 0 aliphatic rings. The van der Waals surface area contributed by atoms with Gasteiger partial charge in [-0.3, -0.25) is 4.40 Å². The fourth-order valence-electron chi connectivity index (χ4n) is 2.56. The zero-order chi connectivity index (χ0) is 13.0.